The summed E-state index contributed by atoms with van der Waals surface area (Å²) in [7, 11) is 1.62. The molecule has 0 aromatic heterocycles. The lowest BCUT2D eigenvalue weighted by atomic mass is 9.86. The van der Waals surface area contributed by atoms with Crippen LogP contribution >= 0.6 is 11.6 Å². The number of aliphatic hydroxyl groups excluding tert-OH is 1. The molecule has 0 bridgehead atoms. The van der Waals surface area contributed by atoms with Crippen molar-refractivity contribution in [3.05, 3.63) is 27.8 Å². The van der Waals surface area contributed by atoms with Gasteiger partial charge in [0.1, 0.15) is 11.4 Å². The highest BCUT2D eigenvalue weighted by Gasteiger charge is 2.37. The van der Waals surface area contributed by atoms with Crippen LogP contribution in [0, 0.1) is 6.92 Å². The monoisotopic (exact) mass is 355 g/mol. The molecule has 1 saturated heterocycles. The SMILES string of the molecule is COc1c(CCO)cc(Cl)c(C)c1C1CN(C(=O)OC(C)(C)C)C1. The Hall–Kier alpha value is -1.46. The highest BCUT2D eigenvalue weighted by molar-refractivity contribution is 6.31. The van der Waals surface area contributed by atoms with E-state index in [0.717, 1.165) is 22.4 Å². The third kappa shape index (κ3) is 3.95. The minimum atomic E-state index is -0.500. The van der Waals surface area contributed by atoms with Crippen molar-refractivity contribution in [2.45, 2.75) is 45.6 Å². The van der Waals surface area contributed by atoms with Gasteiger partial charge in [-0.3, -0.25) is 0 Å². The van der Waals surface area contributed by atoms with Crippen LogP contribution < -0.4 is 4.74 Å². The Balaban J connectivity index is 2.21. The van der Waals surface area contributed by atoms with Crippen molar-refractivity contribution in [2.24, 2.45) is 0 Å². The van der Waals surface area contributed by atoms with Crippen molar-refractivity contribution in [3.63, 3.8) is 0 Å². The molecule has 0 unspecified atom stereocenters. The van der Waals surface area contributed by atoms with Gasteiger partial charge in [0.2, 0.25) is 0 Å². The molecule has 1 fully saturated rings. The minimum absolute atomic E-state index is 0.0316. The van der Waals surface area contributed by atoms with Crippen molar-refractivity contribution >= 4 is 17.7 Å². The van der Waals surface area contributed by atoms with Crippen molar-refractivity contribution in [1.82, 2.24) is 4.90 Å². The van der Waals surface area contributed by atoms with E-state index in [2.05, 4.69) is 0 Å². The molecule has 2 rings (SSSR count). The van der Waals surface area contributed by atoms with Gasteiger partial charge in [0.05, 0.1) is 7.11 Å². The zero-order valence-electron chi connectivity index (χ0n) is 15.0. The van der Waals surface area contributed by atoms with E-state index in [9.17, 15) is 9.90 Å². The number of hydrogen-bond donors (Lipinski definition) is 1. The van der Waals surface area contributed by atoms with Gasteiger partial charge in [0.15, 0.2) is 0 Å². The summed E-state index contributed by atoms with van der Waals surface area (Å²) >= 11 is 6.35. The maximum atomic E-state index is 12.1. The van der Waals surface area contributed by atoms with Gasteiger partial charge in [-0.1, -0.05) is 11.6 Å². The number of methoxy groups -OCH3 is 1. The maximum absolute atomic E-state index is 12.1. The van der Waals surface area contributed by atoms with Gasteiger partial charge in [0.25, 0.3) is 0 Å². The molecule has 0 saturated carbocycles. The lowest BCUT2D eigenvalue weighted by Gasteiger charge is -2.41. The maximum Gasteiger partial charge on any atom is 0.410 e. The Morgan fingerprint density at radius 3 is 2.54 bits per heavy atom. The minimum Gasteiger partial charge on any atom is -0.496 e. The molecule has 134 valence electrons. The Morgan fingerprint density at radius 1 is 1.42 bits per heavy atom. The molecule has 0 aliphatic carbocycles. The number of hydrogen-bond acceptors (Lipinski definition) is 4. The first-order valence-corrected chi connectivity index (χ1v) is 8.50. The second-order valence-corrected chi connectivity index (χ2v) is 7.55. The van der Waals surface area contributed by atoms with Gasteiger partial charge in [-0.25, -0.2) is 4.79 Å². The molecule has 0 atom stereocenters. The number of rotatable bonds is 4. The smallest absolute Gasteiger partial charge is 0.410 e. The molecule has 1 N–H and O–H groups in total. The largest absolute Gasteiger partial charge is 0.496 e. The number of carbonyl (C=O) groups excluding carboxylic acids is 1. The molecule has 1 aliphatic rings. The van der Waals surface area contributed by atoms with Crippen LogP contribution in [-0.4, -0.2) is 48.5 Å². The third-order valence-corrected chi connectivity index (χ3v) is 4.52. The summed E-state index contributed by atoms with van der Waals surface area (Å²) in [5, 5.41) is 9.91. The number of halogens is 1. The fourth-order valence-electron chi connectivity index (χ4n) is 2.97. The van der Waals surface area contributed by atoms with Gasteiger partial charge in [-0.2, -0.15) is 0 Å². The number of aliphatic hydroxyl groups is 1. The van der Waals surface area contributed by atoms with Gasteiger partial charge in [0, 0.05) is 36.2 Å². The highest BCUT2D eigenvalue weighted by Crippen LogP contribution is 2.41. The lowest BCUT2D eigenvalue weighted by molar-refractivity contribution is 0.00794. The summed E-state index contributed by atoms with van der Waals surface area (Å²) < 4.78 is 11.0. The third-order valence-electron chi connectivity index (χ3n) is 4.13. The van der Waals surface area contributed by atoms with E-state index in [0.29, 0.717) is 24.5 Å². The number of ether oxygens (including phenoxy) is 2. The second-order valence-electron chi connectivity index (χ2n) is 7.15. The summed E-state index contributed by atoms with van der Waals surface area (Å²) in [6.07, 6.45) is 0.187. The van der Waals surface area contributed by atoms with Crippen LogP contribution in [0.3, 0.4) is 0 Å². The number of carbonyl (C=O) groups is 1. The summed E-state index contributed by atoms with van der Waals surface area (Å²) in [5.41, 5.74) is 2.37. The topological polar surface area (TPSA) is 59.0 Å². The summed E-state index contributed by atoms with van der Waals surface area (Å²) in [6.45, 7) is 8.70. The molecular weight excluding hydrogens is 330 g/mol. The first-order valence-electron chi connectivity index (χ1n) is 8.12. The van der Waals surface area contributed by atoms with Crippen LogP contribution in [0.2, 0.25) is 5.02 Å². The van der Waals surface area contributed by atoms with E-state index in [4.69, 9.17) is 21.1 Å². The molecule has 0 spiro atoms. The zero-order chi connectivity index (χ0) is 18.1. The zero-order valence-corrected chi connectivity index (χ0v) is 15.7. The number of benzene rings is 1. The first kappa shape index (κ1) is 18.9. The van der Waals surface area contributed by atoms with Crippen molar-refractivity contribution in [1.29, 1.82) is 0 Å². The van der Waals surface area contributed by atoms with Crippen LogP contribution in [0.5, 0.6) is 5.75 Å². The summed E-state index contributed by atoms with van der Waals surface area (Å²) in [4.78, 5) is 13.8. The van der Waals surface area contributed by atoms with E-state index < -0.39 is 5.60 Å². The Labute approximate surface area is 148 Å². The predicted molar refractivity (Wildman–Crippen MR) is 94.1 cm³/mol. The van der Waals surface area contributed by atoms with E-state index in [1.54, 1.807) is 12.0 Å². The molecule has 1 aromatic carbocycles. The summed E-state index contributed by atoms with van der Waals surface area (Å²) in [6, 6.07) is 1.85. The van der Waals surface area contributed by atoms with Crippen LogP contribution in [-0.2, 0) is 11.2 Å². The summed E-state index contributed by atoms with van der Waals surface area (Å²) in [5.74, 6) is 0.920. The van der Waals surface area contributed by atoms with Gasteiger partial charge in [-0.15, -0.1) is 0 Å². The number of likely N-dealkylation sites (tertiary alicyclic amines) is 1. The van der Waals surface area contributed by atoms with Crippen LogP contribution in [0.4, 0.5) is 4.79 Å². The van der Waals surface area contributed by atoms with Crippen molar-refractivity contribution in [2.75, 3.05) is 26.8 Å². The molecule has 1 amide bonds. The molecule has 5 nitrogen and oxygen atoms in total. The molecule has 6 heteroatoms. The molecule has 1 aromatic rings. The molecular formula is C18H26ClNO4. The number of nitrogens with zero attached hydrogens (tertiary/aromatic N) is 1. The molecule has 1 heterocycles. The van der Waals surface area contributed by atoms with Crippen molar-refractivity contribution in [3.8, 4) is 5.75 Å². The fraction of sp³-hybridized carbons (Fsp3) is 0.611. The second kappa shape index (κ2) is 7.19. The quantitative estimate of drug-likeness (QED) is 0.897. The average molecular weight is 356 g/mol. The van der Waals surface area contributed by atoms with Gasteiger partial charge < -0.3 is 19.5 Å². The van der Waals surface area contributed by atoms with Crippen LogP contribution in [0.15, 0.2) is 6.07 Å². The van der Waals surface area contributed by atoms with Crippen LogP contribution in [0.25, 0.3) is 0 Å². The van der Waals surface area contributed by atoms with Gasteiger partial charge >= 0.3 is 6.09 Å². The fourth-order valence-corrected chi connectivity index (χ4v) is 3.21. The molecule has 0 radical (unpaired) electrons. The molecule has 1 aliphatic heterocycles. The van der Waals surface area contributed by atoms with Gasteiger partial charge in [-0.05, 0) is 51.3 Å². The molecule has 24 heavy (non-hydrogen) atoms. The van der Waals surface area contributed by atoms with E-state index >= 15 is 0 Å². The van der Waals surface area contributed by atoms with E-state index in [-0.39, 0.29) is 18.6 Å². The predicted octanol–water partition coefficient (Wildman–Crippen LogP) is 3.53. The standard InChI is InChI=1S/C18H26ClNO4/c1-11-14(19)8-12(6-7-21)16(23-5)15(11)13-9-20(10-13)17(22)24-18(2,3)4/h8,13,21H,6-7,9-10H2,1-5H3. The van der Waals surface area contributed by atoms with Crippen LogP contribution in [0.1, 0.15) is 43.4 Å². The Morgan fingerprint density at radius 2 is 2.04 bits per heavy atom. The number of amides is 1. The van der Waals surface area contributed by atoms with E-state index in [1.807, 2.05) is 33.8 Å². The van der Waals surface area contributed by atoms with E-state index in [1.165, 1.54) is 0 Å². The normalized spacial score (nSPS) is 15.2. The Bertz CT molecular complexity index is 618. The first-order chi connectivity index (χ1) is 11.2. The highest BCUT2D eigenvalue weighted by atomic mass is 35.5. The lowest BCUT2D eigenvalue weighted by Crippen LogP contribution is -2.50. The van der Waals surface area contributed by atoms with Crippen molar-refractivity contribution < 1.29 is 19.4 Å². The average Bonchev–Trinajstić information content (AvgIpc) is 2.40. The Kier molecular flexibility index (Phi) is 5.66.